The maximum absolute atomic E-state index is 9.42. The Labute approximate surface area is 182 Å². The van der Waals surface area contributed by atoms with Gasteiger partial charge < -0.3 is 19.6 Å². The normalized spacial score (nSPS) is 20.2. The zero-order chi connectivity index (χ0) is 21.0. The molecule has 0 unspecified atom stereocenters. The highest BCUT2D eigenvalue weighted by Gasteiger charge is 2.27. The molecule has 4 heterocycles. The molecule has 2 aromatic heterocycles. The molecule has 2 aliphatic heterocycles. The van der Waals surface area contributed by atoms with Crippen LogP contribution in [0.3, 0.4) is 0 Å². The number of rotatable bonds is 5. The van der Waals surface area contributed by atoms with Gasteiger partial charge in [-0.05, 0) is 49.8 Å². The van der Waals surface area contributed by atoms with Gasteiger partial charge in [-0.25, -0.2) is 15.0 Å². The molecule has 7 heteroatoms. The number of benzene rings is 1. The number of aliphatic hydroxyl groups excluding tert-OH is 1. The van der Waals surface area contributed by atoms with Crippen LogP contribution in [0.25, 0.3) is 10.9 Å². The fourth-order valence-electron chi connectivity index (χ4n) is 4.58. The minimum atomic E-state index is 0.0486. The van der Waals surface area contributed by atoms with Crippen LogP contribution in [0.4, 0.5) is 11.6 Å². The van der Waals surface area contributed by atoms with Gasteiger partial charge in [-0.3, -0.25) is 0 Å². The van der Waals surface area contributed by atoms with Crippen molar-refractivity contribution in [3.63, 3.8) is 0 Å². The first-order valence-corrected chi connectivity index (χ1v) is 11.2. The number of hydrogen-bond acceptors (Lipinski definition) is 7. The van der Waals surface area contributed by atoms with Gasteiger partial charge in [0.15, 0.2) is 5.82 Å². The summed E-state index contributed by atoms with van der Waals surface area (Å²) in [4.78, 5) is 18.5. The monoisotopic (exact) mass is 419 g/mol. The SMILES string of the molecule is OCC1CCN(c2nccnc2O[C@H]2CCCN(c3ccc4ccccc4n3)C2)CC1. The first-order chi connectivity index (χ1) is 15.3. The summed E-state index contributed by atoms with van der Waals surface area (Å²) in [6.45, 7) is 3.77. The van der Waals surface area contributed by atoms with E-state index in [1.165, 1.54) is 0 Å². The van der Waals surface area contributed by atoms with Crippen molar-refractivity contribution in [3.8, 4) is 5.88 Å². The molecule has 5 rings (SSSR count). The predicted molar refractivity (Wildman–Crippen MR) is 122 cm³/mol. The minimum Gasteiger partial charge on any atom is -0.470 e. The number of piperidine rings is 2. The average Bonchev–Trinajstić information content (AvgIpc) is 2.84. The quantitative estimate of drug-likeness (QED) is 0.680. The second-order valence-electron chi connectivity index (χ2n) is 8.49. The van der Waals surface area contributed by atoms with Crippen LogP contribution in [-0.4, -0.2) is 58.9 Å². The molecule has 1 N–H and O–H groups in total. The molecule has 2 saturated heterocycles. The fraction of sp³-hybridized carbons (Fsp3) is 0.458. The van der Waals surface area contributed by atoms with Crippen molar-refractivity contribution in [2.45, 2.75) is 31.8 Å². The van der Waals surface area contributed by atoms with E-state index in [2.05, 4.69) is 44.0 Å². The molecule has 0 radical (unpaired) electrons. The summed E-state index contributed by atoms with van der Waals surface area (Å²) in [6.07, 6.45) is 7.46. The summed E-state index contributed by atoms with van der Waals surface area (Å²) in [5.74, 6) is 2.82. The Morgan fingerprint density at radius 2 is 1.77 bits per heavy atom. The summed E-state index contributed by atoms with van der Waals surface area (Å²) in [5.41, 5.74) is 1.02. The number of fused-ring (bicyclic) bond motifs is 1. The van der Waals surface area contributed by atoms with Gasteiger partial charge in [0, 0.05) is 44.0 Å². The predicted octanol–water partition coefficient (Wildman–Crippen LogP) is 3.28. The van der Waals surface area contributed by atoms with Crippen LogP contribution < -0.4 is 14.5 Å². The number of ether oxygens (including phenoxy) is 1. The molecule has 0 bridgehead atoms. The van der Waals surface area contributed by atoms with Crippen LogP contribution >= 0.6 is 0 Å². The van der Waals surface area contributed by atoms with E-state index in [1.54, 1.807) is 12.4 Å². The van der Waals surface area contributed by atoms with Crippen molar-refractivity contribution in [1.82, 2.24) is 15.0 Å². The molecule has 0 aliphatic carbocycles. The highest BCUT2D eigenvalue weighted by atomic mass is 16.5. The molecule has 2 fully saturated rings. The molecule has 162 valence electrons. The van der Waals surface area contributed by atoms with Crippen LogP contribution in [0.1, 0.15) is 25.7 Å². The van der Waals surface area contributed by atoms with Crippen LogP contribution in [0.5, 0.6) is 5.88 Å². The number of aromatic nitrogens is 3. The van der Waals surface area contributed by atoms with E-state index in [1.807, 2.05) is 12.1 Å². The van der Waals surface area contributed by atoms with Crippen molar-refractivity contribution in [2.75, 3.05) is 42.6 Å². The van der Waals surface area contributed by atoms with Crippen molar-refractivity contribution in [2.24, 2.45) is 5.92 Å². The average molecular weight is 420 g/mol. The van der Waals surface area contributed by atoms with Gasteiger partial charge in [0.05, 0.1) is 12.1 Å². The summed E-state index contributed by atoms with van der Waals surface area (Å²) < 4.78 is 6.40. The Bertz CT molecular complexity index is 1020. The summed E-state index contributed by atoms with van der Waals surface area (Å²) in [5, 5.41) is 10.6. The van der Waals surface area contributed by atoms with Gasteiger partial charge in [0.1, 0.15) is 11.9 Å². The lowest BCUT2D eigenvalue weighted by molar-refractivity contribution is 0.170. The lowest BCUT2D eigenvalue weighted by Gasteiger charge is -2.35. The molecule has 0 amide bonds. The van der Waals surface area contributed by atoms with Crippen molar-refractivity contribution >= 4 is 22.5 Å². The second-order valence-corrected chi connectivity index (χ2v) is 8.49. The molecule has 0 spiro atoms. The molecule has 2 aliphatic rings. The minimum absolute atomic E-state index is 0.0486. The van der Waals surface area contributed by atoms with Crippen LogP contribution in [0.2, 0.25) is 0 Å². The first kappa shape index (κ1) is 20.0. The van der Waals surface area contributed by atoms with Crippen molar-refractivity contribution in [1.29, 1.82) is 0 Å². The topological polar surface area (TPSA) is 74.6 Å². The van der Waals surface area contributed by atoms with Crippen LogP contribution in [0.15, 0.2) is 48.8 Å². The molecule has 0 saturated carbocycles. The van der Waals surface area contributed by atoms with Crippen LogP contribution in [0, 0.1) is 5.92 Å². The first-order valence-electron chi connectivity index (χ1n) is 11.2. The Balaban J connectivity index is 1.29. The fourth-order valence-corrected chi connectivity index (χ4v) is 4.58. The Morgan fingerprint density at radius 1 is 0.935 bits per heavy atom. The van der Waals surface area contributed by atoms with Gasteiger partial charge in [-0.15, -0.1) is 0 Å². The standard InChI is InChI=1S/C24H29N5O2/c30-17-18-9-14-28(15-10-18)23-24(26-12-11-25-23)31-20-5-3-13-29(16-20)22-8-7-19-4-1-2-6-21(19)27-22/h1-2,4,6-8,11-12,18,20,30H,3,5,9-10,13-17H2/t20-/m0/s1. The van der Waals surface area contributed by atoms with Crippen molar-refractivity contribution in [3.05, 3.63) is 48.8 Å². The van der Waals surface area contributed by atoms with E-state index in [0.717, 1.165) is 74.4 Å². The maximum atomic E-state index is 9.42. The molecular formula is C24H29N5O2. The Kier molecular flexibility index (Phi) is 5.84. The summed E-state index contributed by atoms with van der Waals surface area (Å²) >= 11 is 0. The van der Waals surface area contributed by atoms with Gasteiger partial charge >= 0.3 is 0 Å². The number of para-hydroxylation sites is 1. The highest BCUT2D eigenvalue weighted by molar-refractivity contribution is 5.80. The summed E-state index contributed by atoms with van der Waals surface area (Å²) in [7, 11) is 0. The second kappa shape index (κ2) is 9.06. The van der Waals surface area contributed by atoms with Gasteiger partial charge in [0.2, 0.25) is 0 Å². The molecule has 31 heavy (non-hydrogen) atoms. The Hall–Kier alpha value is -2.93. The number of pyridine rings is 1. The maximum Gasteiger partial charge on any atom is 0.257 e. The number of aliphatic hydroxyl groups is 1. The van der Waals surface area contributed by atoms with E-state index in [9.17, 15) is 5.11 Å². The van der Waals surface area contributed by atoms with Crippen LogP contribution in [-0.2, 0) is 0 Å². The van der Waals surface area contributed by atoms with Crippen molar-refractivity contribution < 1.29 is 9.84 Å². The number of anilines is 2. The third kappa shape index (κ3) is 4.42. The van der Waals surface area contributed by atoms with Gasteiger partial charge in [-0.1, -0.05) is 18.2 Å². The Morgan fingerprint density at radius 3 is 2.65 bits per heavy atom. The number of nitrogens with zero attached hydrogens (tertiary/aromatic N) is 5. The van der Waals surface area contributed by atoms with Gasteiger partial charge in [0.25, 0.3) is 5.88 Å². The molecule has 7 nitrogen and oxygen atoms in total. The zero-order valence-electron chi connectivity index (χ0n) is 17.7. The lowest BCUT2D eigenvalue weighted by atomic mass is 9.98. The zero-order valence-corrected chi connectivity index (χ0v) is 17.7. The smallest absolute Gasteiger partial charge is 0.257 e. The molecular weight excluding hydrogens is 390 g/mol. The third-order valence-corrected chi connectivity index (χ3v) is 6.38. The van der Waals surface area contributed by atoms with E-state index in [0.29, 0.717) is 11.8 Å². The molecule has 3 aromatic rings. The highest BCUT2D eigenvalue weighted by Crippen LogP contribution is 2.30. The van der Waals surface area contributed by atoms with E-state index in [-0.39, 0.29) is 12.7 Å². The van der Waals surface area contributed by atoms with Gasteiger partial charge in [-0.2, -0.15) is 0 Å². The van der Waals surface area contributed by atoms with E-state index >= 15 is 0 Å². The molecule has 1 atom stereocenters. The summed E-state index contributed by atoms with van der Waals surface area (Å²) in [6, 6.07) is 12.5. The lowest BCUT2D eigenvalue weighted by Crippen LogP contribution is -2.42. The largest absolute Gasteiger partial charge is 0.470 e. The van der Waals surface area contributed by atoms with E-state index < -0.39 is 0 Å². The number of hydrogen-bond donors (Lipinski definition) is 1. The third-order valence-electron chi connectivity index (χ3n) is 6.38. The molecule has 1 aromatic carbocycles. The van der Waals surface area contributed by atoms with E-state index in [4.69, 9.17) is 9.72 Å².